The van der Waals surface area contributed by atoms with Gasteiger partial charge in [-0.2, -0.15) is 18.6 Å². The summed E-state index contributed by atoms with van der Waals surface area (Å²) in [6.45, 7) is 0. The second-order valence-electron chi connectivity index (χ2n) is 5.21. The first kappa shape index (κ1) is 20.3. The molecule has 1 radical (unpaired) electrons. The number of hydrogen-bond donors (Lipinski definition) is 2. The first-order valence-corrected chi connectivity index (χ1v) is 8.86. The first-order chi connectivity index (χ1) is 12.0. The molecule has 0 aliphatic rings. The molecule has 0 aromatic heterocycles. The zero-order chi connectivity index (χ0) is 17.7. The van der Waals surface area contributed by atoms with Crippen molar-refractivity contribution < 1.29 is 13.0 Å². The Hall–Kier alpha value is -2.03. The molecule has 0 saturated carbocycles. The van der Waals surface area contributed by atoms with E-state index in [1.165, 1.54) is 18.2 Å². The molecule has 0 aliphatic carbocycles. The van der Waals surface area contributed by atoms with Crippen molar-refractivity contribution in [3.8, 4) is 0 Å². The molecule has 127 valence electrons. The third kappa shape index (κ3) is 5.76. The van der Waals surface area contributed by atoms with Crippen molar-refractivity contribution in [1.29, 1.82) is 0 Å². The molecule has 6 nitrogen and oxygen atoms in total. The summed E-state index contributed by atoms with van der Waals surface area (Å²) >= 11 is 0. The quantitative estimate of drug-likeness (QED) is 0.383. The first-order valence-electron chi connectivity index (χ1n) is 7.42. The maximum atomic E-state index is 11.1. The van der Waals surface area contributed by atoms with E-state index in [4.69, 9.17) is 4.55 Å². The number of benzene rings is 3. The Kier molecular flexibility index (Phi) is 7.07. The zero-order valence-corrected chi connectivity index (χ0v) is 16.9. The van der Waals surface area contributed by atoms with Gasteiger partial charge in [0, 0.05) is 40.9 Å². The third-order valence-electron chi connectivity index (χ3n) is 3.33. The Balaban J connectivity index is 0.00000243. The molecule has 0 spiro atoms. The molecule has 0 bridgehead atoms. The Morgan fingerprint density at radius 2 is 1.35 bits per heavy atom. The van der Waals surface area contributed by atoms with Crippen LogP contribution in [0.2, 0.25) is 0 Å². The minimum Gasteiger partial charge on any atom is -0.356 e. The fraction of sp³-hybridized carbons (Fsp3) is 0. The fourth-order valence-corrected chi connectivity index (χ4v) is 2.64. The van der Waals surface area contributed by atoms with Crippen molar-refractivity contribution in [2.45, 2.75) is 4.90 Å². The molecule has 3 aromatic carbocycles. The van der Waals surface area contributed by atoms with Crippen molar-refractivity contribution in [1.82, 2.24) is 0 Å². The van der Waals surface area contributed by atoms with Crippen molar-refractivity contribution in [2.24, 2.45) is 10.2 Å². The van der Waals surface area contributed by atoms with Crippen LogP contribution in [0.1, 0.15) is 0 Å². The van der Waals surface area contributed by atoms with E-state index in [1.807, 2.05) is 42.5 Å². The SMILES string of the molecule is O=S(=O)(O)c1cccc(N=Nc2ccc(Nc3ccccc3)cc2)c1.[Na]. The van der Waals surface area contributed by atoms with Crippen LogP contribution < -0.4 is 5.32 Å². The van der Waals surface area contributed by atoms with Gasteiger partial charge in [0.2, 0.25) is 0 Å². The van der Waals surface area contributed by atoms with Crippen LogP contribution in [-0.4, -0.2) is 42.5 Å². The standard InChI is InChI=1S/C18H15N3O3S.Na/c22-25(23,24)18-8-4-7-17(13-18)21-20-16-11-9-15(10-12-16)19-14-5-2-1-3-6-14;/h1-13,19H,(H,22,23,24);. The summed E-state index contributed by atoms with van der Waals surface area (Å²) in [6, 6.07) is 22.7. The monoisotopic (exact) mass is 376 g/mol. The molecule has 0 heterocycles. The molecule has 0 amide bonds. The van der Waals surface area contributed by atoms with Gasteiger partial charge < -0.3 is 5.32 Å². The van der Waals surface area contributed by atoms with Crippen molar-refractivity contribution in [3.63, 3.8) is 0 Å². The van der Waals surface area contributed by atoms with E-state index in [9.17, 15) is 8.42 Å². The Morgan fingerprint density at radius 1 is 0.731 bits per heavy atom. The van der Waals surface area contributed by atoms with Crippen LogP contribution in [0.4, 0.5) is 22.7 Å². The van der Waals surface area contributed by atoms with Crippen molar-refractivity contribution in [2.75, 3.05) is 5.32 Å². The van der Waals surface area contributed by atoms with E-state index >= 15 is 0 Å². The summed E-state index contributed by atoms with van der Waals surface area (Å²) in [5.41, 5.74) is 2.86. The number of azo groups is 1. The number of para-hydroxylation sites is 1. The maximum absolute atomic E-state index is 11.1. The molecule has 0 atom stereocenters. The predicted molar refractivity (Wildman–Crippen MR) is 102 cm³/mol. The van der Waals surface area contributed by atoms with Gasteiger partial charge in [0.25, 0.3) is 10.1 Å². The largest absolute Gasteiger partial charge is 0.356 e. The van der Waals surface area contributed by atoms with Gasteiger partial charge in [0.1, 0.15) is 0 Å². The Morgan fingerprint density at radius 3 is 2.00 bits per heavy atom. The smallest absolute Gasteiger partial charge is 0.294 e. The fourth-order valence-electron chi connectivity index (χ4n) is 2.12. The van der Waals surface area contributed by atoms with Gasteiger partial charge in [-0.05, 0) is 54.6 Å². The molecule has 3 rings (SSSR count). The minimum atomic E-state index is -4.25. The normalized spacial score (nSPS) is 11.1. The zero-order valence-electron chi connectivity index (χ0n) is 14.1. The maximum Gasteiger partial charge on any atom is 0.294 e. The molecule has 0 saturated heterocycles. The van der Waals surface area contributed by atoms with Crippen molar-refractivity contribution >= 4 is 62.4 Å². The van der Waals surface area contributed by atoms with Gasteiger partial charge in [0.15, 0.2) is 0 Å². The number of rotatable bonds is 5. The second kappa shape index (κ2) is 9.07. The number of anilines is 2. The molecular weight excluding hydrogens is 361 g/mol. The van der Waals surface area contributed by atoms with Gasteiger partial charge in [-0.3, -0.25) is 4.55 Å². The molecule has 8 heteroatoms. The predicted octanol–water partition coefficient (Wildman–Crippen LogP) is 4.71. The number of nitrogens with one attached hydrogen (secondary N) is 1. The molecule has 0 aliphatic heterocycles. The van der Waals surface area contributed by atoms with Gasteiger partial charge >= 0.3 is 0 Å². The van der Waals surface area contributed by atoms with Gasteiger partial charge in [-0.1, -0.05) is 24.3 Å². The van der Waals surface area contributed by atoms with Crippen LogP contribution >= 0.6 is 0 Å². The summed E-state index contributed by atoms with van der Waals surface area (Å²) < 4.78 is 31.3. The van der Waals surface area contributed by atoms with E-state index in [0.29, 0.717) is 11.4 Å². The van der Waals surface area contributed by atoms with Crippen molar-refractivity contribution in [3.05, 3.63) is 78.9 Å². The summed E-state index contributed by atoms with van der Waals surface area (Å²) in [7, 11) is -4.25. The van der Waals surface area contributed by atoms with Crippen LogP contribution in [0.15, 0.2) is 94.0 Å². The van der Waals surface area contributed by atoms with E-state index in [-0.39, 0.29) is 34.5 Å². The summed E-state index contributed by atoms with van der Waals surface area (Å²) in [6.07, 6.45) is 0. The molecule has 3 aromatic rings. The van der Waals surface area contributed by atoms with Gasteiger partial charge in [0.05, 0.1) is 16.3 Å². The van der Waals surface area contributed by atoms with Crippen LogP contribution in [0.25, 0.3) is 0 Å². The van der Waals surface area contributed by atoms with E-state index in [1.54, 1.807) is 18.2 Å². The molecule has 26 heavy (non-hydrogen) atoms. The van der Waals surface area contributed by atoms with E-state index in [0.717, 1.165) is 11.4 Å². The summed E-state index contributed by atoms with van der Waals surface area (Å²) in [4.78, 5) is -0.216. The summed E-state index contributed by atoms with van der Waals surface area (Å²) in [5, 5.41) is 11.3. The number of hydrogen-bond acceptors (Lipinski definition) is 5. The molecule has 2 N–H and O–H groups in total. The minimum absolute atomic E-state index is 0. The Labute approximate surface area is 174 Å². The average Bonchev–Trinajstić information content (AvgIpc) is 2.62. The summed E-state index contributed by atoms with van der Waals surface area (Å²) in [5.74, 6) is 0. The molecule has 0 unspecified atom stereocenters. The topological polar surface area (TPSA) is 91.1 Å². The molecule has 0 fully saturated rings. The van der Waals surface area contributed by atoms with E-state index in [2.05, 4.69) is 15.5 Å². The van der Waals surface area contributed by atoms with Crippen LogP contribution in [-0.2, 0) is 10.1 Å². The Bertz CT molecular complexity index is 992. The average molecular weight is 376 g/mol. The van der Waals surface area contributed by atoms with Crippen LogP contribution in [0, 0.1) is 0 Å². The van der Waals surface area contributed by atoms with Gasteiger partial charge in [-0.15, -0.1) is 0 Å². The van der Waals surface area contributed by atoms with Gasteiger partial charge in [-0.25, -0.2) is 0 Å². The van der Waals surface area contributed by atoms with Crippen LogP contribution in [0.5, 0.6) is 0 Å². The third-order valence-corrected chi connectivity index (χ3v) is 4.18. The molecular formula is C18H15N3NaO3S. The van der Waals surface area contributed by atoms with Crippen LogP contribution in [0.3, 0.4) is 0 Å². The van der Waals surface area contributed by atoms with E-state index < -0.39 is 10.1 Å². The number of nitrogens with zero attached hydrogens (tertiary/aromatic N) is 2. The second-order valence-corrected chi connectivity index (χ2v) is 6.63.